The Hall–Kier alpha value is -1.57. The molecule has 0 unspecified atom stereocenters. The Kier molecular flexibility index (Phi) is 4.71. The Balaban J connectivity index is 3.04. The lowest BCUT2D eigenvalue weighted by atomic mass is 9.98. The van der Waals surface area contributed by atoms with Crippen molar-refractivity contribution in [3.63, 3.8) is 0 Å². The number of allylic oxidation sites excluding steroid dienone is 1. The van der Waals surface area contributed by atoms with Gasteiger partial charge in [-0.05, 0) is 37.8 Å². The zero-order chi connectivity index (χ0) is 13.8. The van der Waals surface area contributed by atoms with Crippen LogP contribution in [0.25, 0.3) is 5.57 Å². The van der Waals surface area contributed by atoms with Crippen molar-refractivity contribution in [2.75, 3.05) is 0 Å². The topological polar surface area (TPSA) is 38.4 Å². The molecule has 0 atom stereocenters. The Morgan fingerprint density at radius 2 is 1.94 bits per heavy atom. The maximum Gasteiger partial charge on any atom is 0.0524 e. The molecule has 0 amide bonds. The fourth-order valence-corrected chi connectivity index (χ4v) is 1.55. The smallest absolute Gasteiger partial charge is 0.0524 e. The minimum atomic E-state index is -0.0794. The van der Waals surface area contributed by atoms with Crippen LogP contribution in [0, 0.1) is 0 Å². The molecule has 0 bridgehead atoms. The molecule has 2 heteroatoms. The lowest BCUT2D eigenvalue weighted by molar-refractivity contribution is 0.587. The van der Waals surface area contributed by atoms with Crippen LogP contribution in [0.5, 0.6) is 0 Å². The molecule has 1 aromatic rings. The second-order valence-electron chi connectivity index (χ2n) is 5.83. The fraction of sp³-hybridized carbons (Fsp3) is 0.438. The molecule has 0 aliphatic heterocycles. The van der Waals surface area contributed by atoms with E-state index < -0.39 is 0 Å². The van der Waals surface area contributed by atoms with Crippen LogP contribution in [-0.4, -0.2) is 11.8 Å². The molecule has 0 spiro atoms. The number of hydrogen-bond donors (Lipinski definition) is 1. The van der Waals surface area contributed by atoms with Gasteiger partial charge >= 0.3 is 0 Å². The van der Waals surface area contributed by atoms with E-state index in [1.807, 2.05) is 6.21 Å². The average molecular weight is 244 g/mol. The highest BCUT2D eigenvalue weighted by molar-refractivity contribution is 6.09. The van der Waals surface area contributed by atoms with Gasteiger partial charge in [0.25, 0.3) is 0 Å². The highest BCUT2D eigenvalue weighted by Crippen LogP contribution is 2.20. The van der Waals surface area contributed by atoms with Crippen molar-refractivity contribution < 1.29 is 0 Å². The van der Waals surface area contributed by atoms with Crippen LogP contribution in [0.1, 0.15) is 51.7 Å². The van der Waals surface area contributed by atoms with Crippen LogP contribution in [-0.2, 0) is 0 Å². The minimum Gasteiger partial charge on any atom is -0.404 e. The molecule has 1 rings (SSSR count). The highest BCUT2D eigenvalue weighted by Gasteiger charge is 2.07. The zero-order valence-corrected chi connectivity index (χ0v) is 12.1. The molecule has 0 saturated carbocycles. The third-order valence-electron chi connectivity index (χ3n) is 2.66. The molecular weight excluding hydrogens is 220 g/mol. The third-order valence-corrected chi connectivity index (χ3v) is 2.66. The van der Waals surface area contributed by atoms with E-state index in [1.165, 1.54) is 5.56 Å². The first kappa shape index (κ1) is 14.5. The van der Waals surface area contributed by atoms with Gasteiger partial charge in [0.15, 0.2) is 0 Å². The van der Waals surface area contributed by atoms with E-state index in [0.717, 1.165) is 11.1 Å². The van der Waals surface area contributed by atoms with Crippen LogP contribution in [0.3, 0.4) is 0 Å². The van der Waals surface area contributed by atoms with E-state index in [1.54, 1.807) is 6.20 Å². The normalized spacial score (nSPS) is 13.6. The second-order valence-corrected chi connectivity index (χ2v) is 5.83. The maximum atomic E-state index is 5.71. The number of nitrogens with zero attached hydrogens (tertiary/aromatic N) is 1. The predicted octanol–water partition coefficient (Wildman–Crippen LogP) is 3.98. The fourth-order valence-electron chi connectivity index (χ4n) is 1.55. The van der Waals surface area contributed by atoms with Crippen LogP contribution >= 0.6 is 0 Å². The van der Waals surface area contributed by atoms with Crippen molar-refractivity contribution in [1.82, 2.24) is 0 Å². The van der Waals surface area contributed by atoms with E-state index in [2.05, 4.69) is 63.9 Å². The monoisotopic (exact) mass is 244 g/mol. The first-order valence-electron chi connectivity index (χ1n) is 6.41. The van der Waals surface area contributed by atoms with Crippen LogP contribution in [0.15, 0.2) is 35.5 Å². The van der Waals surface area contributed by atoms with Crippen LogP contribution < -0.4 is 5.73 Å². The minimum absolute atomic E-state index is 0.0794. The van der Waals surface area contributed by atoms with Gasteiger partial charge in [-0.1, -0.05) is 38.1 Å². The Labute approximate surface area is 111 Å². The summed E-state index contributed by atoms with van der Waals surface area (Å²) < 4.78 is 0. The van der Waals surface area contributed by atoms with Gasteiger partial charge < -0.3 is 5.73 Å². The Morgan fingerprint density at radius 1 is 1.28 bits per heavy atom. The first-order chi connectivity index (χ1) is 8.33. The van der Waals surface area contributed by atoms with E-state index >= 15 is 0 Å². The molecule has 0 saturated heterocycles. The summed E-state index contributed by atoms with van der Waals surface area (Å²) in [4.78, 5) is 4.51. The van der Waals surface area contributed by atoms with Crippen molar-refractivity contribution in [2.45, 2.75) is 46.1 Å². The van der Waals surface area contributed by atoms with Crippen LogP contribution in [0.4, 0.5) is 0 Å². The molecule has 0 aromatic heterocycles. The largest absolute Gasteiger partial charge is 0.404 e. The molecule has 0 radical (unpaired) electrons. The Bertz CT molecular complexity index is 448. The molecule has 1 aromatic carbocycles. The summed E-state index contributed by atoms with van der Waals surface area (Å²) in [7, 11) is 0. The summed E-state index contributed by atoms with van der Waals surface area (Å²) in [6, 6.07) is 8.46. The predicted molar refractivity (Wildman–Crippen MR) is 80.9 cm³/mol. The zero-order valence-electron chi connectivity index (χ0n) is 12.1. The summed E-state index contributed by atoms with van der Waals surface area (Å²) in [5.41, 5.74) is 9.03. The number of benzene rings is 1. The molecule has 18 heavy (non-hydrogen) atoms. The molecule has 0 aliphatic carbocycles. The van der Waals surface area contributed by atoms with Crippen molar-refractivity contribution >= 4 is 11.8 Å². The standard InChI is InChI=1S/C16H24N2/c1-12(2)13-7-6-8-14(9-13)15(10-17)11-18-16(3,4)5/h6-12H,17H2,1-5H3/b15-10+,18-11?. The van der Waals surface area contributed by atoms with Crippen molar-refractivity contribution in [3.8, 4) is 0 Å². The molecular formula is C16H24N2. The first-order valence-corrected chi connectivity index (χ1v) is 6.41. The van der Waals surface area contributed by atoms with E-state index in [9.17, 15) is 0 Å². The third kappa shape index (κ3) is 4.36. The molecule has 2 N–H and O–H groups in total. The van der Waals surface area contributed by atoms with Gasteiger partial charge in [-0.25, -0.2) is 0 Å². The van der Waals surface area contributed by atoms with E-state index in [-0.39, 0.29) is 5.54 Å². The average Bonchev–Trinajstić information content (AvgIpc) is 2.28. The van der Waals surface area contributed by atoms with Crippen molar-refractivity contribution in [2.24, 2.45) is 10.7 Å². The molecule has 98 valence electrons. The van der Waals surface area contributed by atoms with Gasteiger partial charge in [0.05, 0.1) is 5.54 Å². The van der Waals surface area contributed by atoms with Gasteiger partial charge in [-0.15, -0.1) is 0 Å². The number of aliphatic imine (C=N–C) groups is 1. The maximum absolute atomic E-state index is 5.71. The molecule has 0 fully saturated rings. The number of hydrogen-bond acceptors (Lipinski definition) is 2. The van der Waals surface area contributed by atoms with Crippen molar-refractivity contribution in [1.29, 1.82) is 0 Å². The lowest BCUT2D eigenvalue weighted by Gasteiger charge is -2.12. The number of rotatable bonds is 3. The van der Waals surface area contributed by atoms with Gasteiger partial charge in [0.2, 0.25) is 0 Å². The van der Waals surface area contributed by atoms with Gasteiger partial charge in [0.1, 0.15) is 0 Å². The van der Waals surface area contributed by atoms with Gasteiger partial charge in [-0.3, -0.25) is 4.99 Å². The molecule has 0 heterocycles. The lowest BCUT2D eigenvalue weighted by Crippen LogP contribution is -2.10. The van der Waals surface area contributed by atoms with Gasteiger partial charge in [-0.2, -0.15) is 0 Å². The molecule has 0 aliphatic rings. The highest BCUT2D eigenvalue weighted by atomic mass is 14.8. The molecule has 2 nitrogen and oxygen atoms in total. The second kappa shape index (κ2) is 5.85. The summed E-state index contributed by atoms with van der Waals surface area (Å²) >= 11 is 0. The summed E-state index contributed by atoms with van der Waals surface area (Å²) in [5.74, 6) is 0.517. The van der Waals surface area contributed by atoms with Gasteiger partial charge in [0, 0.05) is 18.0 Å². The quantitative estimate of drug-likeness (QED) is 0.802. The summed E-state index contributed by atoms with van der Waals surface area (Å²) in [6.45, 7) is 10.6. The summed E-state index contributed by atoms with van der Waals surface area (Å²) in [6.07, 6.45) is 3.48. The SMILES string of the molecule is CC(C)c1cccc(/C(C=NC(C)(C)C)=C/N)c1. The summed E-state index contributed by atoms with van der Waals surface area (Å²) in [5, 5.41) is 0. The van der Waals surface area contributed by atoms with Crippen LogP contribution in [0.2, 0.25) is 0 Å². The number of nitrogens with two attached hydrogens (primary N) is 1. The Morgan fingerprint density at radius 3 is 2.44 bits per heavy atom. The van der Waals surface area contributed by atoms with E-state index in [0.29, 0.717) is 5.92 Å². The van der Waals surface area contributed by atoms with E-state index in [4.69, 9.17) is 5.73 Å². The van der Waals surface area contributed by atoms with Crippen molar-refractivity contribution in [3.05, 3.63) is 41.6 Å².